The highest BCUT2D eigenvalue weighted by molar-refractivity contribution is 5.85. The molecule has 0 saturated heterocycles. The van der Waals surface area contributed by atoms with Crippen LogP contribution in [0.1, 0.15) is 31.2 Å². The Morgan fingerprint density at radius 1 is 1.08 bits per heavy atom. The van der Waals surface area contributed by atoms with Crippen molar-refractivity contribution >= 4 is 12.4 Å². The molecule has 0 unspecified atom stereocenters. The van der Waals surface area contributed by atoms with Crippen LogP contribution in [0.4, 0.5) is 0 Å². The van der Waals surface area contributed by atoms with Crippen molar-refractivity contribution in [2.24, 2.45) is 0 Å². The summed E-state index contributed by atoms with van der Waals surface area (Å²) < 4.78 is 10.5. The number of nitrogens with zero attached hydrogens (tertiary/aromatic N) is 1. The van der Waals surface area contributed by atoms with Gasteiger partial charge in [-0.1, -0.05) is 24.3 Å². The van der Waals surface area contributed by atoms with Crippen LogP contribution in [-0.2, 0) is 6.54 Å². The lowest BCUT2D eigenvalue weighted by atomic mass is 10.0. The molecule has 1 aliphatic carbocycles. The minimum atomic E-state index is -0.689. The molecule has 2 aromatic rings. The summed E-state index contributed by atoms with van der Waals surface area (Å²) in [6.07, 6.45) is 5.63. The standard InChI is InChI=1S/C19H24N2O3.ClH/c1-23-17-11-16(13-20-18(17)24-2)15-7-5-14(6-8-15)12-21-19(22)9-3-4-10-19;/h5-8,11,13,21-22H,3-4,9-10,12H2,1-2H3;1H. The van der Waals surface area contributed by atoms with E-state index >= 15 is 0 Å². The molecule has 0 spiro atoms. The van der Waals surface area contributed by atoms with Gasteiger partial charge in [0.05, 0.1) is 14.2 Å². The van der Waals surface area contributed by atoms with E-state index in [2.05, 4.69) is 34.6 Å². The zero-order valence-electron chi connectivity index (χ0n) is 14.6. The third-order valence-electron chi connectivity index (χ3n) is 4.57. The zero-order valence-corrected chi connectivity index (χ0v) is 15.4. The summed E-state index contributed by atoms with van der Waals surface area (Å²) in [6.45, 7) is 0.668. The van der Waals surface area contributed by atoms with Gasteiger partial charge in [0.2, 0.25) is 0 Å². The predicted octanol–water partition coefficient (Wildman–Crippen LogP) is 3.54. The summed E-state index contributed by atoms with van der Waals surface area (Å²) in [6, 6.07) is 10.2. The van der Waals surface area contributed by atoms with E-state index in [0.717, 1.165) is 42.4 Å². The third-order valence-corrected chi connectivity index (χ3v) is 4.57. The second-order valence-electron chi connectivity index (χ2n) is 6.22. The number of aromatic nitrogens is 1. The van der Waals surface area contributed by atoms with Crippen molar-refractivity contribution in [2.45, 2.75) is 38.0 Å². The first-order chi connectivity index (χ1) is 11.6. The van der Waals surface area contributed by atoms with Crippen molar-refractivity contribution in [1.29, 1.82) is 0 Å². The second-order valence-corrected chi connectivity index (χ2v) is 6.22. The van der Waals surface area contributed by atoms with E-state index in [4.69, 9.17) is 9.47 Å². The molecule has 0 radical (unpaired) electrons. The summed E-state index contributed by atoms with van der Waals surface area (Å²) in [5, 5.41) is 13.6. The quantitative estimate of drug-likeness (QED) is 0.767. The molecule has 2 N–H and O–H groups in total. The van der Waals surface area contributed by atoms with Crippen LogP contribution in [0.25, 0.3) is 11.1 Å². The smallest absolute Gasteiger partial charge is 0.256 e. The molecular formula is C19H25ClN2O3. The number of nitrogens with one attached hydrogen (secondary N) is 1. The summed E-state index contributed by atoms with van der Waals surface area (Å²) in [7, 11) is 3.18. The highest BCUT2D eigenvalue weighted by Gasteiger charge is 2.29. The van der Waals surface area contributed by atoms with Crippen LogP contribution in [-0.4, -0.2) is 30.0 Å². The van der Waals surface area contributed by atoms with Crippen molar-refractivity contribution in [3.8, 4) is 22.8 Å². The summed E-state index contributed by atoms with van der Waals surface area (Å²) in [5.74, 6) is 1.09. The molecule has 1 aromatic carbocycles. The monoisotopic (exact) mass is 364 g/mol. The first kappa shape index (κ1) is 19.5. The van der Waals surface area contributed by atoms with Gasteiger partial charge in [-0.2, -0.15) is 0 Å². The number of halogens is 1. The maximum atomic E-state index is 10.3. The minimum absolute atomic E-state index is 0. The van der Waals surface area contributed by atoms with Gasteiger partial charge >= 0.3 is 0 Å². The van der Waals surface area contributed by atoms with Gasteiger partial charge < -0.3 is 14.6 Å². The maximum Gasteiger partial charge on any atom is 0.256 e. The Balaban J connectivity index is 0.00000225. The second kappa shape index (κ2) is 8.52. The van der Waals surface area contributed by atoms with Crippen LogP contribution in [0.2, 0.25) is 0 Å². The molecule has 6 heteroatoms. The fourth-order valence-corrected chi connectivity index (χ4v) is 3.11. The van der Waals surface area contributed by atoms with Crippen molar-refractivity contribution in [2.75, 3.05) is 14.2 Å². The van der Waals surface area contributed by atoms with Gasteiger partial charge in [0.1, 0.15) is 5.72 Å². The van der Waals surface area contributed by atoms with Crippen LogP contribution in [0.3, 0.4) is 0 Å². The minimum Gasteiger partial charge on any atom is -0.491 e. The molecule has 0 aliphatic heterocycles. The average molecular weight is 365 g/mol. The van der Waals surface area contributed by atoms with Crippen molar-refractivity contribution < 1.29 is 14.6 Å². The summed E-state index contributed by atoms with van der Waals surface area (Å²) in [4.78, 5) is 4.27. The Labute approximate surface area is 154 Å². The SMILES string of the molecule is COc1cc(-c2ccc(CNC3(O)CCCC3)cc2)cnc1OC.Cl. The fourth-order valence-electron chi connectivity index (χ4n) is 3.11. The first-order valence-corrected chi connectivity index (χ1v) is 8.28. The number of ether oxygens (including phenoxy) is 2. The average Bonchev–Trinajstić information content (AvgIpc) is 3.07. The number of methoxy groups -OCH3 is 2. The normalized spacial score (nSPS) is 15.5. The number of rotatable bonds is 6. The maximum absolute atomic E-state index is 10.3. The van der Waals surface area contributed by atoms with Crippen LogP contribution >= 0.6 is 12.4 Å². The van der Waals surface area contributed by atoms with Gasteiger partial charge in [0, 0.05) is 18.3 Å². The highest BCUT2D eigenvalue weighted by atomic mass is 35.5. The Morgan fingerprint density at radius 3 is 2.36 bits per heavy atom. The zero-order chi connectivity index (χ0) is 17.0. The molecule has 0 atom stereocenters. The van der Waals surface area contributed by atoms with Crippen molar-refractivity contribution in [1.82, 2.24) is 10.3 Å². The molecule has 1 heterocycles. The van der Waals surface area contributed by atoms with Crippen molar-refractivity contribution in [3.05, 3.63) is 42.1 Å². The summed E-state index contributed by atoms with van der Waals surface area (Å²) in [5.41, 5.74) is 2.49. The van der Waals surface area contributed by atoms with Gasteiger partial charge in [0.15, 0.2) is 5.75 Å². The predicted molar refractivity (Wildman–Crippen MR) is 100 cm³/mol. The topological polar surface area (TPSA) is 63.6 Å². The van der Waals surface area contributed by atoms with E-state index in [1.165, 1.54) is 0 Å². The van der Waals surface area contributed by atoms with Gasteiger partial charge in [-0.05, 0) is 42.9 Å². The molecule has 0 amide bonds. The van der Waals surface area contributed by atoms with E-state index in [0.29, 0.717) is 18.2 Å². The molecule has 1 aliphatic rings. The number of aliphatic hydroxyl groups is 1. The number of hydrogen-bond acceptors (Lipinski definition) is 5. The third kappa shape index (κ3) is 4.63. The Kier molecular flexibility index (Phi) is 6.64. The molecule has 1 fully saturated rings. The van der Waals surface area contributed by atoms with E-state index in [1.54, 1.807) is 20.4 Å². The van der Waals surface area contributed by atoms with Gasteiger partial charge in [-0.3, -0.25) is 5.32 Å². The Hall–Kier alpha value is -1.82. The molecule has 3 rings (SSSR count). The Bertz CT molecular complexity index is 686. The molecule has 0 bridgehead atoms. The van der Waals surface area contributed by atoms with Crippen LogP contribution in [0.15, 0.2) is 36.5 Å². The van der Waals surface area contributed by atoms with Gasteiger partial charge in [0.25, 0.3) is 5.88 Å². The lowest BCUT2D eigenvalue weighted by molar-refractivity contribution is 0.0104. The van der Waals surface area contributed by atoms with Gasteiger partial charge in [-0.25, -0.2) is 4.98 Å². The Morgan fingerprint density at radius 2 is 1.76 bits per heavy atom. The fraction of sp³-hybridized carbons (Fsp3) is 0.421. The number of pyridine rings is 1. The molecular weight excluding hydrogens is 340 g/mol. The van der Waals surface area contributed by atoms with Gasteiger partial charge in [-0.15, -0.1) is 12.4 Å². The van der Waals surface area contributed by atoms with E-state index < -0.39 is 5.72 Å². The van der Waals surface area contributed by atoms with Crippen LogP contribution in [0.5, 0.6) is 11.6 Å². The van der Waals surface area contributed by atoms with E-state index in [1.807, 2.05) is 6.07 Å². The highest BCUT2D eigenvalue weighted by Crippen LogP contribution is 2.30. The first-order valence-electron chi connectivity index (χ1n) is 8.28. The molecule has 1 aromatic heterocycles. The molecule has 5 nitrogen and oxygen atoms in total. The molecule has 25 heavy (non-hydrogen) atoms. The summed E-state index contributed by atoms with van der Waals surface area (Å²) >= 11 is 0. The number of benzene rings is 1. The molecule has 136 valence electrons. The molecule has 1 saturated carbocycles. The van der Waals surface area contributed by atoms with Crippen LogP contribution < -0.4 is 14.8 Å². The van der Waals surface area contributed by atoms with Crippen molar-refractivity contribution in [3.63, 3.8) is 0 Å². The largest absolute Gasteiger partial charge is 0.491 e. The lowest BCUT2D eigenvalue weighted by Crippen LogP contribution is -2.41. The number of hydrogen-bond donors (Lipinski definition) is 2. The lowest BCUT2D eigenvalue weighted by Gasteiger charge is -2.23. The van der Waals surface area contributed by atoms with E-state index in [9.17, 15) is 5.11 Å². The van der Waals surface area contributed by atoms with E-state index in [-0.39, 0.29) is 12.4 Å². The van der Waals surface area contributed by atoms with Crippen LogP contribution in [0, 0.1) is 0 Å².